The monoisotopic (exact) mass is 255 g/mol. The molecule has 0 unspecified atom stereocenters. The number of benzene rings is 1. The van der Waals surface area contributed by atoms with E-state index in [1.165, 1.54) is 11.3 Å². The largest absolute Gasteiger partial charge is 0.241 e. The SMILES string of the molecule is Fc1cc(F)c(-c2nc(C3CC3)cs2)c(F)c1. The lowest BCUT2D eigenvalue weighted by Gasteiger charge is -2.01. The van der Waals surface area contributed by atoms with Crippen LogP contribution in [0.25, 0.3) is 10.6 Å². The van der Waals surface area contributed by atoms with E-state index in [0.29, 0.717) is 18.1 Å². The average Bonchev–Trinajstić information content (AvgIpc) is 2.98. The van der Waals surface area contributed by atoms with Gasteiger partial charge >= 0.3 is 0 Å². The summed E-state index contributed by atoms with van der Waals surface area (Å²) in [4.78, 5) is 4.21. The van der Waals surface area contributed by atoms with Gasteiger partial charge in [0.2, 0.25) is 0 Å². The summed E-state index contributed by atoms with van der Waals surface area (Å²) in [6.07, 6.45) is 2.16. The van der Waals surface area contributed by atoms with E-state index in [9.17, 15) is 13.2 Å². The van der Waals surface area contributed by atoms with Crippen molar-refractivity contribution in [3.05, 3.63) is 40.7 Å². The highest BCUT2D eigenvalue weighted by Gasteiger charge is 2.27. The molecule has 0 aliphatic heterocycles. The molecular formula is C12H8F3NS. The molecule has 0 atom stereocenters. The molecule has 1 aromatic heterocycles. The van der Waals surface area contributed by atoms with Crippen molar-refractivity contribution < 1.29 is 13.2 Å². The van der Waals surface area contributed by atoms with Crippen molar-refractivity contribution in [2.24, 2.45) is 0 Å². The molecule has 1 saturated carbocycles. The molecule has 1 heterocycles. The van der Waals surface area contributed by atoms with Crippen molar-refractivity contribution in [2.45, 2.75) is 18.8 Å². The number of aromatic nitrogens is 1. The maximum atomic E-state index is 13.5. The first-order valence-corrected chi connectivity index (χ1v) is 6.13. The van der Waals surface area contributed by atoms with E-state index in [-0.39, 0.29) is 10.6 Å². The molecule has 0 radical (unpaired) electrons. The normalized spacial score (nSPS) is 15.2. The summed E-state index contributed by atoms with van der Waals surface area (Å²) >= 11 is 1.19. The van der Waals surface area contributed by atoms with Crippen LogP contribution in [0.4, 0.5) is 13.2 Å². The maximum Gasteiger partial charge on any atom is 0.139 e. The number of rotatable bonds is 2. The van der Waals surface area contributed by atoms with Gasteiger partial charge in [-0.05, 0) is 12.8 Å². The lowest BCUT2D eigenvalue weighted by atomic mass is 10.2. The first-order valence-electron chi connectivity index (χ1n) is 5.25. The van der Waals surface area contributed by atoms with Crippen LogP contribution in [0.3, 0.4) is 0 Å². The fourth-order valence-electron chi connectivity index (χ4n) is 1.71. The van der Waals surface area contributed by atoms with Gasteiger partial charge in [0, 0.05) is 23.4 Å². The molecule has 5 heteroatoms. The smallest absolute Gasteiger partial charge is 0.139 e. The first kappa shape index (κ1) is 10.8. The van der Waals surface area contributed by atoms with Crippen LogP contribution in [0.5, 0.6) is 0 Å². The molecule has 2 aromatic rings. The van der Waals surface area contributed by atoms with Crippen molar-refractivity contribution >= 4 is 11.3 Å². The second-order valence-electron chi connectivity index (χ2n) is 4.10. The van der Waals surface area contributed by atoms with Crippen LogP contribution >= 0.6 is 11.3 Å². The van der Waals surface area contributed by atoms with Crippen molar-refractivity contribution in [3.63, 3.8) is 0 Å². The molecule has 17 heavy (non-hydrogen) atoms. The van der Waals surface area contributed by atoms with Crippen LogP contribution in [-0.2, 0) is 0 Å². The minimum absolute atomic E-state index is 0.233. The highest BCUT2D eigenvalue weighted by atomic mass is 32.1. The predicted octanol–water partition coefficient (Wildman–Crippen LogP) is 4.10. The molecule has 3 rings (SSSR count). The molecule has 1 aromatic carbocycles. The summed E-state index contributed by atoms with van der Waals surface area (Å²) in [6, 6.07) is 1.35. The molecule has 1 nitrogen and oxygen atoms in total. The molecule has 0 N–H and O–H groups in total. The number of halogens is 3. The number of hydrogen-bond acceptors (Lipinski definition) is 2. The number of hydrogen-bond donors (Lipinski definition) is 0. The Morgan fingerprint density at radius 3 is 2.35 bits per heavy atom. The maximum absolute atomic E-state index is 13.5. The Balaban J connectivity index is 2.07. The number of thiazole rings is 1. The third kappa shape index (κ3) is 1.95. The predicted molar refractivity (Wildman–Crippen MR) is 59.4 cm³/mol. The van der Waals surface area contributed by atoms with Crippen molar-refractivity contribution in [2.75, 3.05) is 0 Å². The van der Waals surface area contributed by atoms with Crippen LogP contribution in [0.1, 0.15) is 24.5 Å². The van der Waals surface area contributed by atoms with E-state index >= 15 is 0 Å². The Kier molecular flexibility index (Phi) is 2.43. The Hall–Kier alpha value is -1.36. The fourth-order valence-corrected chi connectivity index (χ4v) is 2.66. The average molecular weight is 255 g/mol. The zero-order valence-corrected chi connectivity index (χ0v) is 9.53. The van der Waals surface area contributed by atoms with Gasteiger partial charge in [-0.3, -0.25) is 0 Å². The van der Waals surface area contributed by atoms with Gasteiger partial charge in [0.25, 0.3) is 0 Å². The van der Waals surface area contributed by atoms with Crippen LogP contribution in [-0.4, -0.2) is 4.98 Å². The van der Waals surface area contributed by atoms with E-state index in [2.05, 4.69) is 4.98 Å². The van der Waals surface area contributed by atoms with E-state index in [0.717, 1.165) is 18.5 Å². The van der Waals surface area contributed by atoms with Crippen molar-refractivity contribution in [1.29, 1.82) is 0 Å². The summed E-state index contributed by atoms with van der Waals surface area (Å²) in [6.45, 7) is 0. The molecule has 1 aliphatic carbocycles. The van der Waals surface area contributed by atoms with Gasteiger partial charge in [-0.15, -0.1) is 11.3 Å². The summed E-state index contributed by atoms with van der Waals surface area (Å²) < 4.78 is 39.8. The molecule has 1 fully saturated rings. The van der Waals surface area contributed by atoms with Gasteiger partial charge in [-0.2, -0.15) is 0 Å². The molecule has 0 bridgehead atoms. The Bertz CT molecular complexity index is 552. The van der Waals surface area contributed by atoms with Gasteiger partial charge in [0.05, 0.1) is 11.3 Å². The van der Waals surface area contributed by atoms with Gasteiger partial charge in [-0.1, -0.05) is 0 Å². The van der Waals surface area contributed by atoms with Gasteiger partial charge < -0.3 is 0 Å². The second kappa shape index (κ2) is 3.84. The molecular weight excluding hydrogens is 247 g/mol. The van der Waals surface area contributed by atoms with Gasteiger partial charge in [-0.25, -0.2) is 18.2 Å². The summed E-state index contributed by atoms with van der Waals surface area (Å²) in [5, 5.41) is 2.09. The Morgan fingerprint density at radius 2 is 1.76 bits per heavy atom. The van der Waals surface area contributed by atoms with E-state index in [4.69, 9.17) is 0 Å². The van der Waals surface area contributed by atoms with Crippen LogP contribution < -0.4 is 0 Å². The van der Waals surface area contributed by atoms with Crippen LogP contribution in [0.15, 0.2) is 17.5 Å². The summed E-state index contributed by atoms with van der Waals surface area (Å²) in [7, 11) is 0. The second-order valence-corrected chi connectivity index (χ2v) is 4.95. The van der Waals surface area contributed by atoms with E-state index in [1.807, 2.05) is 5.38 Å². The third-order valence-electron chi connectivity index (χ3n) is 2.74. The summed E-state index contributed by atoms with van der Waals surface area (Å²) in [5.41, 5.74) is 0.649. The van der Waals surface area contributed by atoms with Crippen molar-refractivity contribution in [3.8, 4) is 10.6 Å². The van der Waals surface area contributed by atoms with E-state index in [1.54, 1.807) is 0 Å². The zero-order chi connectivity index (χ0) is 12.0. The van der Waals surface area contributed by atoms with Crippen LogP contribution in [0.2, 0.25) is 0 Å². The van der Waals surface area contributed by atoms with Crippen LogP contribution in [0, 0.1) is 17.5 Å². The zero-order valence-electron chi connectivity index (χ0n) is 8.71. The lowest BCUT2D eigenvalue weighted by Crippen LogP contribution is -1.92. The quantitative estimate of drug-likeness (QED) is 0.787. The van der Waals surface area contributed by atoms with Gasteiger partial charge in [0.15, 0.2) is 0 Å². The summed E-state index contributed by atoms with van der Waals surface area (Å²) in [5.74, 6) is -2.28. The molecule has 0 saturated heterocycles. The van der Waals surface area contributed by atoms with Gasteiger partial charge in [0.1, 0.15) is 22.5 Å². The molecule has 88 valence electrons. The Morgan fingerprint density at radius 1 is 1.12 bits per heavy atom. The number of nitrogens with zero attached hydrogens (tertiary/aromatic N) is 1. The first-order chi connectivity index (χ1) is 8.15. The molecule has 1 aliphatic rings. The van der Waals surface area contributed by atoms with E-state index < -0.39 is 17.5 Å². The molecule has 0 spiro atoms. The standard InChI is InChI=1S/C12H8F3NS/c13-7-3-8(14)11(9(15)4-7)12-16-10(5-17-12)6-1-2-6/h3-6H,1-2H2. The van der Waals surface area contributed by atoms with Crippen molar-refractivity contribution in [1.82, 2.24) is 4.98 Å². The minimum atomic E-state index is -0.914. The molecule has 0 amide bonds. The topological polar surface area (TPSA) is 12.9 Å². The highest BCUT2D eigenvalue weighted by molar-refractivity contribution is 7.13. The third-order valence-corrected chi connectivity index (χ3v) is 3.62. The Labute approximate surface area is 99.9 Å². The lowest BCUT2D eigenvalue weighted by molar-refractivity contribution is 0.548. The highest BCUT2D eigenvalue weighted by Crippen LogP contribution is 2.42. The fraction of sp³-hybridized carbons (Fsp3) is 0.250. The minimum Gasteiger partial charge on any atom is -0.241 e.